The Morgan fingerprint density at radius 2 is 1.25 bits per heavy atom. The van der Waals surface area contributed by atoms with Gasteiger partial charge in [-0.25, -0.2) is 19.2 Å². The van der Waals surface area contributed by atoms with Crippen molar-refractivity contribution in [3.63, 3.8) is 0 Å². The topological polar surface area (TPSA) is 176 Å². The quantitative estimate of drug-likeness (QED) is 0.220. The van der Waals surface area contributed by atoms with Gasteiger partial charge in [0.15, 0.2) is 5.78 Å². The molecule has 0 unspecified atom stereocenters. The van der Waals surface area contributed by atoms with Gasteiger partial charge in [-0.1, -0.05) is 36.9 Å². The molecule has 44 heavy (non-hydrogen) atoms. The van der Waals surface area contributed by atoms with Crippen LogP contribution in [0.5, 0.6) is 0 Å². The molecule has 2 aromatic carbocycles. The van der Waals surface area contributed by atoms with Gasteiger partial charge in [-0.15, -0.1) is 0 Å². The molecule has 12 nitrogen and oxygen atoms in total. The van der Waals surface area contributed by atoms with E-state index in [2.05, 4.69) is 58.1 Å². The molecule has 0 radical (unpaired) electrons. The summed E-state index contributed by atoms with van der Waals surface area (Å²) in [5.74, 6) is -4.82. The summed E-state index contributed by atoms with van der Waals surface area (Å²) in [4.78, 5) is 60.4. The summed E-state index contributed by atoms with van der Waals surface area (Å²) in [6.07, 6.45) is 3.90. The minimum Gasteiger partial charge on any atom is -0.478 e. The molecule has 0 aliphatic carbocycles. The highest BCUT2D eigenvalue weighted by Gasteiger charge is 2.24. The molecule has 13 heteroatoms. The third-order valence-corrected chi connectivity index (χ3v) is 7.59. The lowest BCUT2D eigenvalue weighted by molar-refractivity contribution is -0.134. The first-order valence-corrected chi connectivity index (χ1v) is 14.6. The lowest BCUT2D eigenvalue weighted by Crippen LogP contribution is -2.45. The molecule has 2 aliphatic rings. The van der Waals surface area contributed by atoms with Crippen LogP contribution >= 0.6 is 11.8 Å². The van der Waals surface area contributed by atoms with Crippen molar-refractivity contribution in [3.8, 4) is 0 Å². The van der Waals surface area contributed by atoms with Crippen LogP contribution in [0.25, 0.3) is 0 Å². The maximum atomic E-state index is 12.3. The molecule has 4 rings (SSSR count). The molecule has 1 saturated heterocycles. The number of hydrogen-bond donors (Lipinski definition) is 4. The minimum absolute atomic E-state index is 0.212. The molecule has 1 fully saturated rings. The molecule has 0 saturated carbocycles. The fourth-order valence-corrected chi connectivity index (χ4v) is 5.33. The number of carbonyl (C=O) groups excluding carboxylic acids is 1. The number of fused-ring (bicyclic) bond motifs is 2. The van der Waals surface area contributed by atoms with Gasteiger partial charge in [-0.2, -0.15) is 0 Å². The van der Waals surface area contributed by atoms with Crippen LogP contribution in [-0.4, -0.2) is 106 Å². The SMILES string of the molecule is CCC(=O)c1ccc2c(c1)N(CCCN1CCN(C)CC1)c1ccccc1S2.O=C(O)/C=C\C(=O)O.O=C(O)/C=C\C(=O)O. The number of piperazine rings is 1. The van der Waals surface area contributed by atoms with E-state index in [4.69, 9.17) is 20.4 Å². The van der Waals surface area contributed by atoms with Crippen molar-refractivity contribution in [1.82, 2.24) is 9.80 Å². The first-order chi connectivity index (χ1) is 20.9. The summed E-state index contributed by atoms with van der Waals surface area (Å²) >= 11 is 1.81. The van der Waals surface area contributed by atoms with E-state index in [1.807, 2.05) is 24.8 Å². The molecule has 2 heterocycles. The number of nitrogens with zero attached hydrogens (tertiary/aromatic N) is 3. The van der Waals surface area contributed by atoms with Gasteiger partial charge < -0.3 is 35.1 Å². The molecule has 0 spiro atoms. The number of para-hydroxylation sites is 1. The van der Waals surface area contributed by atoms with E-state index < -0.39 is 23.9 Å². The zero-order chi connectivity index (χ0) is 32.6. The van der Waals surface area contributed by atoms with Crippen LogP contribution in [0.3, 0.4) is 0 Å². The summed E-state index contributed by atoms with van der Waals surface area (Å²) in [7, 11) is 2.20. The van der Waals surface area contributed by atoms with Crippen LogP contribution in [0.4, 0.5) is 11.4 Å². The number of likely N-dealkylation sites (N-methyl/N-ethyl adjacent to an activating group) is 1. The molecule has 0 amide bonds. The van der Waals surface area contributed by atoms with Gasteiger partial charge in [0.25, 0.3) is 0 Å². The highest BCUT2D eigenvalue weighted by atomic mass is 32.2. The van der Waals surface area contributed by atoms with Crippen molar-refractivity contribution in [2.45, 2.75) is 29.6 Å². The molecular formula is C31H37N3O9S. The van der Waals surface area contributed by atoms with Crippen LogP contribution in [0, 0.1) is 0 Å². The van der Waals surface area contributed by atoms with E-state index in [9.17, 15) is 24.0 Å². The second-order valence-corrected chi connectivity index (χ2v) is 10.8. The average molecular weight is 628 g/mol. The van der Waals surface area contributed by atoms with Crippen LogP contribution in [0.2, 0.25) is 0 Å². The number of benzene rings is 2. The third-order valence-electron chi connectivity index (χ3n) is 6.46. The Hall–Kier alpha value is -4.46. The van der Waals surface area contributed by atoms with Gasteiger partial charge in [0.2, 0.25) is 0 Å². The number of aliphatic carboxylic acids is 4. The molecule has 2 aromatic rings. The number of Topliss-reactive ketones (excluding diaryl/α,β-unsaturated/α-hetero) is 1. The van der Waals surface area contributed by atoms with E-state index in [1.165, 1.54) is 21.2 Å². The van der Waals surface area contributed by atoms with Crippen LogP contribution in [-0.2, 0) is 19.2 Å². The number of carboxylic acid groups (broad SMARTS) is 4. The second kappa shape index (κ2) is 18.3. The average Bonchev–Trinajstić information content (AvgIpc) is 2.99. The molecule has 0 atom stereocenters. The molecular weight excluding hydrogens is 590 g/mol. The monoisotopic (exact) mass is 627 g/mol. The maximum absolute atomic E-state index is 12.3. The van der Waals surface area contributed by atoms with E-state index in [0.717, 1.165) is 51.3 Å². The predicted octanol–water partition coefficient (Wildman–Crippen LogP) is 3.94. The Bertz CT molecular complexity index is 1320. The first-order valence-electron chi connectivity index (χ1n) is 13.8. The Labute approximate surface area is 259 Å². The molecule has 0 aromatic heterocycles. The van der Waals surface area contributed by atoms with Crippen LogP contribution in [0.1, 0.15) is 30.1 Å². The molecule has 0 bridgehead atoms. The zero-order valence-corrected chi connectivity index (χ0v) is 25.4. The van der Waals surface area contributed by atoms with Crippen LogP contribution < -0.4 is 4.90 Å². The van der Waals surface area contributed by atoms with E-state index >= 15 is 0 Å². The van der Waals surface area contributed by atoms with E-state index in [-0.39, 0.29) is 5.78 Å². The fourth-order valence-electron chi connectivity index (χ4n) is 4.26. The number of carbonyl (C=O) groups is 5. The van der Waals surface area contributed by atoms with Gasteiger partial charge in [-0.05, 0) is 44.3 Å². The Kier molecular flexibility index (Phi) is 14.8. The summed E-state index contributed by atoms with van der Waals surface area (Å²) in [5, 5.41) is 31.2. The smallest absolute Gasteiger partial charge is 0.328 e. The summed E-state index contributed by atoms with van der Waals surface area (Å²) in [6, 6.07) is 14.8. The third kappa shape index (κ3) is 12.4. The van der Waals surface area contributed by atoms with Gasteiger partial charge in [0.05, 0.1) is 11.4 Å². The largest absolute Gasteiger partial charge is 0.478 e. The first kappa shape index (κ1) is 35.7. The summed E-state index contributed by atoms with van der Waals surface area (Å²) < 4.78 is 0. The molecule has 2 aliphatic heterocycles. The highest BCUT2D eigenvalue weighted by molar-refractivity contribution is 7.99. The molecule has 236 valence electrons. The van der Waals surface area contributed by atoms with Gasteiger partial charge in [-0.3, -0.25) is 4.79 Å². The Balaban J connectivity index is 0.000000349. The minimum atomic E-state index is -1.26. The summed E-state index contributed by atoms with van der Waals surface area (Å²) in [5.41, 5.74) is 3.27. The van der Waals surface area contributed by atoms with Crippen molar-refractivity contribution in [1.29, 1.82) is 0 Å². The van der Waals surface area contributed by atoms with Crippen molar-refractivity contribution in [2.24, 2.45) is 0 Å². The second-order valence-electron chi connectivity index (χ2n) is 9.70. The lowest BCUT2D eigenvalue weighted by Gasteiger charge is -2.35. The van der Waals surface area contributed by atoms with Crippen molar-refractivity contribution >= 4 is 52.8 Å². The van der Waals surface area contributed by atoms with Crippen molar-refractivity contribution in [2.75, 3.05) is 51.2 Å². The standard InChI is InChI=1S/C23H29N3OS.2C4H4O4/c1-3-21(27)18-9-10-23-20(17-18)26(19-7-4-5-8-22(19)28-23)12-6-11-25-15-13-24(2)14-16-25;2*5-3(6)1-2-4(7)8/h4-5,7-10,17H,3,6,11-16H2,1-2H3;2*1-2H,(H,5,6)(H,7,8)/b;2*2-1-. The normalized spacial score (nSPS) is 14.5. The maximum Gasteiger partial charge on any atom is 0.328 e. The van der Waals surface area contributed by atoms with Crippen LogP contribution in [0.15, 0.2) is 76.6 Å². The van der Waals surface area contributed by atoms with Gasteiger partial charge in [0, 0.05) is 78.8 Å². The predicted molar refractivity (Wildman–Crippen MR) is 166 cm³/mol. The van der Waals surface area contributed by atoms with Gasteiger partial charge >= 0.3 is 23.9 Å². The highest BCUT2D eigenvalue weighted by Crippen LogP contribution is 2.48. The summed E-state index contributed by atoms with van der Waals surface area (Å²) in [6.45, 7) is 8.68. The number of ketones is 1. The number of carboxylic acids is 4. The lowest BCUT2D eigenvalue weighted by atomic mass is 10.1. The molecule has 4 N–H and O–H groups in total. The Morgan fingerprint density at radius 1 is 0.727 bits per heavy atom. The number of hydrogen-bond acceptors (Lipinski definition) is 9. The van der Waals surface area contributed by atoms with Gasteiger partial charge in [0.1, 0.15) is 0 Å². The van der Waals surface area contributed by atoms with Crippen molar-refractivity contribution in [3.05, 3.63) is 72.3 Å². The van der Waals surface area contributed by atoms with Crippen molar-refractivity contribution < 1.29 is 44.4 Å². The zero-order valence-electron chi connectivity index (χ0n) is 24.6. The van der Waals surface area contributed by atoms with E-state index in [0.29, 0.717) is 30.7 Å². The number of anilines is 2. The Morgan fingerprint density at radius 3 is 1.77 bits per heavy atom. The van der Waals surface area contributed by atoms with E-state index in [1.54, 1.807) is 0 Å². The fraction of sp³-hybridized carbons (Fsp3) is 0.323. The number of rotatable bonds is 10.